The van der Waals surface area contributed by atoms with E-state index in [0.29, 0.717) is 30.9 Å². The van der Waals surface area contributed by atoms with E-state index in [1.165, 1.54) is 12.1 Å². The van der Waals surface area contributed by atoms with E-state index < -0.39 is 11.7 Å². The van der Waals surface area contributed by atoms with Gasteiger partial charge in [0, 0.05) is 39.2 Å². The van der Waals surface area contributed by atoms with Crippen LogP contribution in [0.25, 0.3) is 11.0 Å². The molecule has 3 N–H and O–H groups in total. The van der Waals surface area contributed by atoms with Gasteiger partial charge in [0.15, 0.2) is 5.69 Å². The standard InChI is InChI=1S/C27H30FN7O3/c1-5-24(36)33-13-17(11-18(33)14-38-4)35-27(30-3)25(26(29)37)20(32-35)8-7-16-10-21-22(12-19(16)28)34-15(2)6-9-23(34)31-21/h5,10,12,15,17-18,30H,1,6,9,11,13-14H2,2-4H3,(H2,29,37)/t15-,17-,18+/m0/s1. The van der Waals surface area contributed by atoms with Crippen molar-refractivity contribution in [2.24, 2.45) is 5.73 Å². The zero-order chi connectivity index (χ0) is 27.1. The number of aromatic nitrogens is 4. The van der Waals surface area contributed by atoms with Gasteiger partial charge in [0.2, 0.25) is 5.91 Å². The number of nitrogens with zero attached hydrogens (tertiary/aromatic N) is 5. The van der Waals surface area contributed by atoms with E-state index in [1.807, 2.05) is 0 Å². The van der Waals surface area contributed by atoms with Crippen LogP contribution in [0.1, 0.15) is 59.3 Å². The molecule has 0 spiro atoms. The van der Waals surface area contributed by atoms with Crippen LogP contribution < -0.4 is 11.1 Å². The summed E-state index contributed by atoms with van der Waals surface area (Å²) in [7, 11) is 3.22. The van der Waals surface area contributed by atoms with Crippen molar-refractivity contribution in [3.8, 4) is 11.8 Å². The van der Waals surface area contributed by atoms with Crippen LogP contribution in [0.2, 0.25) is 0 Å². The third-order valence-electron chi connectivity index (χ3n) is 7.34. The molecule has 1 aromatic carbocycles. The summed E-state index contributed by atoms with van der Waals surface area (Å²) in [4.78, 5) is 31.2. The highest BCUT2D eigenvalue weighted by molar-refractivity contribution is 6.00. The fourth-order valence-electron chi connectivity index (χ4n) is 5.59. The monoisotopic (exact) mass is 519 g/mol. The van der Waals surface area contributed by atoms with Crippen molar-refractivity contribution in [1.82, 2.24) is 24.2 Å². The highest BCUT2D eigenvalue weighted by Gasteiger charge is 2.38. The molecular weight excluding hydrogens is 489 g/mol. The molecule has 2 amide bonds. The molecule has 5 rings (SSSR count). The maximum atomic E-state index is 15.1. The maximum Gasteiger partial charge on any atom is 0.255 e. The lowest BCUT2D eigenvalue weighted by molar-refractivity contribution is -0.127. The topological polar surface area (TPSA) is 120 Å². The second kappa shape index (κ2) is 9.95. The van der Waals surface area contributed by atoms with Gasteiger partial charge >= 0.3 is 0 Å². The van der Waals surface area contributed by atoms with E-state index in [4.69, 9.17) is 10.5 Å². The van der Waals surface area contributed by atoms with Crippen LogP contribution in [-0.2, 0) is 16.0 Å². The van der Waals surface area contributed by atoms with Crippen LogP contribution in [0.4, 0.5) is 10.2 Å². The summed E-state index contributed by atoms with van der Waals surface area (Å²) in [5.74, 6) is 5.60. The van der Waals surface area contributed by atoms with E-state index in [9.17, 15) is 9.59 Å². The number of hydrogen-bond donors (Lipinski definition) is 2. The van der Waals surface area contributed by atoms with Crippen LogP contribution in [0.3, 0.4) is 0 Å². The van der Waals surface area contributed by atoms with Gasteiger partial charge in [-0.05, 0) is 37.8 Å². The van der Waals surface area contributed by atoms with Gasteiger partial charge < -0.3 is 25.3 Å². The fourth-order valence-corrected chi connectivity index (χ4v) is 5.59. The smallest absolute Gasteiger partial charge is 0.255 e. The van der Waals surface area contributed by atoms with Crippen molar-refractivity contribution in [2.45, 2.75) is 44.3 Å². The summed E-state index contributed by atoms with van der Waals surface area (Å²) in [6.07, 6.45) is 3.65. The van der Waals surface area contributed by atoms with E-state index >= 15 is 4.39 Å². The molecule has 3 aromatic rings. The van der Waals surface area contributed by atoms with E-state index in [2.05, 4.69) is 45.3 Å². The quantitative estimate of drug-likeness (QED) is 0.381. The molecule has 10 nitrogen and oxygen atoms in total. The lowest BCUT2D eigenvalue weighted by Crippen LogP contribution is -2.37. The van der Waals surface area contributed by atoms with Crippen molar-refractivity contribution in [3.05, 3.63) is 53.3 Å². The van der Waals surface area contributed by atoms with E-state index in [1.54, 1.807) is 29.8 Å². The van der Waals surface area contributed by atoms with Gasteiger partial charge in [-0.25, -0.2) is 14.1 Å². The SMILES string of the molecule is C=CC(=O)N1C[C@@H](n2nc(C#Cc3cc4nc5n(c4cc3F)[C@@H](C)CC5)c(C(N)=O)c2NC)C[C@@H]1COC. The number of ether oxygens (including phenoxy) is 1. The first-order chi connectivity index (χ1) is 18.3. The number of halogens is 1. The predicted octanol–water partition coefficient (Wildman–Crippen LogP) is 2.39. The summed E-state index contributed by atoms with van der Waals surface area (Å²) in [5, 5.41) is 7.59. The average molecular weight is 520 g/mol. The molecular formula is C27H30FN7O3. The number of likely N-dealkylation sites (tertiary alicyclic amines) is 1. The molecule has 4 heterocycles. The van der Waals surface area contributed by atoms with Crippen LogP contribution in [-0.4, -0.2) is 69.4 Å². The molecule has 1 fully saturated rings. The molecule has 1 saturated heterocycles. The van der Waals surface area contributed by atoms with Gasteiger partial charge in [-0.15, -0.1) is 0 Å². The molecule has 2 aromatic heterocycles. The Labute approximate surface area is 219 Å². The summed E-state index contributed by atoms with van der Waals surface area (Å²) >= 11 is 0. The minimum atomic E-state index is -0.717. The Balaban J connectivity index is 1.53. The maximum absolute atomic E-state index is 15.1. The lowest BCUT2D eigenvalue weighted by Gasteiger charge is -2.22. The number of anilines is 1. The Morgan fingerprint density at radius 3 is 2.84 bits per heavy atom. The number of nitrogens with two attached hydrogens (primary N) is 1. The number of hydrogen-bond acceptors (Lipinski definition) is 6. The van der Waals surface area contributed by atoms with Gasteiger partial charge in [0.1, 0.15) is 23.0 Å². The molecule has 0 radical (unpaired) electrons. The zero-order valence-corrected chi connectivity index (χ0v) is 21.6. The second-order valence-corrected chi connectivity index (χ2v) is 9.68. The molecule has 198 valence electrons. The van der Waals surface area contributed by atoms with Gasteiger partial charge in [-0.2, -0.15) is 5.10 Å². The van der Waals surface area contributed by atoms with Gasteiger partial charge in [-0.3, -0.25) is 9.59 Å². The molecule has 0 unspecified atom stereocenters. The minimum Gasteiger partial charge on any atom is -0.383 e. The van der Waals surface area contributed by atoms with Crippen molar-refractivity contribution in [1.29, 1.82) is 0 Å². The van der Waals surface area contributed by atoms with Crippen LogP contribution in [0.5, 0.6) is 0 Å². The summed E-state index contributed by atoms with van der Waals surface area (Å²) in [6, 6.07) is 2.91. The third-order valence-corrected chi connectivity index (χ3v) is 7.34. The largest absolute Gasteiger partial charge is 0.383 e. The Kier molecular flexibility index (Phi) is 6.67. The second-order valence-electron chi connectivity index (χ2n) is 9.68. The highest BCUT2D eigenvalue weighted by atomic mass is 19.1. The summed E-state index contributed by atoms with van der Waals surface area (Å²) in [6.45, 7) is 6.37. The molecule has 0 bridgehead atoms. The molecule has 0 saturated carbocycles. The Morgan fingerprint density at radius 2 is 2.16 bits per heavy atom. The van der Waals surface area contributed by atoms with Gasteiger partial charge in [0.25, 0.3) is 5.91 Å². The van der Waals surface area contributed by atoms with Gasteiger partial charge in [0.05, 0.1) is 35.3 Å². The van der Waals surface area contributed by atoms with Crippen molar-refractivity contribution in [2.75, 3.05) is 32.6 Å². The Hall–Kier alpha value is -4.17. The highest BCUT2D eigenvalue weighted by Crippen LogP contribution is 2.33. The van der Waals surface area contributed by atoms with Crippen LogP contribution >= 0.6 is 0 Å². The molecule has 3 atom stereocenters. The number of carbonyl (C=O) groups excluding carboxylic acids is 2. The summed E-state index contributed by atoms with van der Waals surface area (Å²) in [5.41, 5.74) is 7.53. The van der Waals surface area contributed by atoms with Crippen molar-refractivity contribution in [3.63, 3.8) is 0 Å². The van der Waals surface area contributed by atoms with Crippen molar-refractivity contribution >= 4 is 28.7 Å². The molecule has 11 heteroatoms. The summed E-state index contributed by atoms with van der Waals surface area (Å²) < 4.78 is 24.1. The van der Waals surface area contributed by atoms with Gasteiger partial charge in [-0.1, -0.05) is 12.5 Å². The van der Waals surface area contributed by atoms with Crippen LogP contribution in [0.15, 0.2) is 24.8 Å². The number of aryl methyl sites for hydroxylation is 1. The average Bonchev–Trinajstić information content (AvgIpc) is 3.64. The number of benzene rings is 1. The number of primary amides is 1. The van der Waals surface area contributed by atoms with Crippen molar-refractivity contribution < 1.29 is 18.7 Å². The number of carbonyl (C=O) groups is 2. The number of rotatable bonds is 6. The Bertz CT molecular complexity index is 1510. The molecule has 38 heavy (non-hydrogen) atoms. The number of nitrogens with one attached hydrogen (secondary N) is 1. The third kappa shape index (κ3) is 4.20. The normalized spacial score (nSPS) is 20.3. The van der Waals surface area contributed by atoms with E-state index in [0.717, 1.165) is 24.2 Å². The number of imidazole rings is 1. The zero-order valence-electron chi connectivity index (χ0n) is 21.6. The number of fused-ring (bicyclic) bond motifs is 3. The lowest BCUT2D eigenvalue weighted by atomic mass is 10.1. The van der Waals surface area contributed by atoms with E-state index in [-0.39, 0.29) is 40.9 Å². The minimum absolute atomic E-state index is 0.105. The predicted molar refractivity (Wildman–Crippen MR) is 140 cm³/mol. The molecule has 2 aliphatic heterocycles. The fraction of sp³-hybridized carbons (Fsp3) is 0.407. The first-order valence-electron chi connectivity index (χ1n) is 12.5. The number of amides is 2. The first-order valence-corrected chi connectivity index (χ1v) is 12.5. The first kappa shape index (κ1) is 25.5. The molecule has 0 aliphatic carbocycles. The molecule has 2 aliphatic rings. The number of methoxy groups -OCH3 is 1. The Morgan fingerprint density at radius 1 is 1.37 bits per heavy atom. The van der Waals surface area contributed by atoms with Crippen LogP contribution in [0, 0.1) is 17.7 Å².